The number of nitrogens with zero attached hydrogens (tertiary/aromatic N) is 1. The van der Waals surface area contributed by atoms with Crippen molar-refractivity contribution in [2.75, 3.05) is 19.7 Å². The Morgan fingerprint density at radius 3 is 2.74 bits per heavy atom. The molecule has 0 bridgehead atoms. The van der Waals surface area contributed by atoms with Crippen LogP contribution in [0.4, 0.5) is 0 Å². The fourth-order valence-corrected chi connectivity index (χ4v) is 3.28. The van der Waals surface area contributed by atoms with Crippen molar-refractivity contribution in [1.29, 1.82) is 0 Å². The Kier molecular flexibility index (Phi) is 5.41. The molecule has 0 saturated carbocycles. The monoisotopic (exact) mass is 261 g/mol. The van der Waals surface area contributed by atoms with E-state index in [2.05, 4.69) is 43.0 Å². The molecule has 1 aliphatic heterocycles. The van der Waals surface area contributed by atoms with Gasteiger partial charge in [0.05, 0.1) is 0 Å². The summed E-state index contributed by atoms with van der Waals surface area (Å²) in [6.07, 6.45) is 4.59. The van der Waals surface area contributed by atoms with E-state index in [0.29, 0.717) is 18.6 Å². The highest BCUT2D eigenvalue weighted by Gasteiger charge is 2.29. The van der Waals surface area contributed by atoms with Gasteiger partial charge >= 0.3 is 0 Å². The van der Waals surface area contributed by atoms with E-state index >= 15 is 0 Å². The minimum Gasteiger partial charge on any atom is -0.396 e. The largest absolute Gasteiger partial charge is 0.396 e. The van der Waals surface area contributed by atoms with Crippen molar-refractivity contribution in [2.45, 2.75) is 51.5 Å². The quantitative estimate of drug-likeness (QED) is 0.794. The van der Waals surface area contributed by atoms with Crippen molar-refractivity contribution in [3.63, 3.8) is 0 Å². The second-order valence-electron chi connectivity index (χ2n) is 5.92. The van der Waals surface area contributed by atoms with E-state index in [9.17, 15) is 0 Å². The third-order valence-corrected chi connectivity index (χ3v) is 4.44. The van der Waals surface area contributed by atoms with E-state index in [1.807, 2.05) is 0 Å². The van der Waals surface area contributed by atoms with Crippen LogP contribution in [0.5, 0.6) is 0 Å². The van der Waals surface area contributed by atoms with E-state index in [0.717, 1.165) is 12.8 Å². The van der Waals surface area contributed by atoms with Crippen molar-refractivity contribution < 1.29 is 5.11 Å². The van der Waals surface area contributed by atoms with Crippen LogP contribution in [0.15, 0.2) is 24.3 Å². The summed E-state index contributed by atoms with van der Waals surface area (Å²) in [5, 5.41) is 8.82. The molecule has 2 rings (SSSR count). The SMILES string of the molecule is Cc1ccccc1C1CC(C)N(CCCCCO)C1. The van der Waals surface area contributed by atoms with E-state index in [-0.39, 0.29) is 0 Å². The molecule has 1 saturated heterocycles. The van der Waals surface area contributed by atoms with Crippen molar-refractivity contribution in [1.82, 2.24) is 4.90 Å². The zero-order valence-electron chi connectivity index (χ0n) is 12.3. The van der Waals surface area contributed by atoms with Gasteiger partial charge in [0.25, 0.3) is 0 Å². The molecule has 1 aliphatic rings. The van der Waals surface area contributed by atoms with Gasteiger partial charge in [0.2, 0.25) is 0 Å². The molecule has 2 atom stereocenters. The maximum absolute atomic E-state index is 8.82. The molecule has 1 heterocycles. The summed E-state index contributed by atoms with van der Waals surface area (Å²) < 4.78 is 0. The number of benzene rings is 1. The highest BCUT2D eigenvalue weighted by Crippen LogP contribution is 2.33. The number of likely N-dealkylation sites (tertiary alicyclic amines) is 1. The second kappa shape index (κ2) is 7.06. The standard InChI is InChI=1S/C17H27NO/c1-14-8-4-5-9-17(14)16-12-15(2)18(13-16)10-6-3-7-11-19/h4-5,8-9,15-16,19H,3,6-7,10-13H2,1-2H3. The number of hydrogen-bond donors (Lipinski definition) is 1. The van der Waals surface area contributed by atoms with Crippen LogP contribution in [0, 0.1) is 6.92 Å². The van der Waals surface area contributed by atoms with Crippen molar-refractivity contribution in [3.8, 4) is 0 Å². The first-order chi connectivity index (χ1) is 9.22. The molecule has 106 valence electrons. The van der Waals surface area contributed by atoms with E-state index in [1.54, 1.807) is 0 Å². The fourth-order valence-electron chi connectivity index (χ4n) is 3.28. The van der Waals surface area contributed by atoms with Gasteiger partial charge in [-0.3, -0.25) is 0 Å². The Morgan fingerprint density at radius 1 is 1.21 bits per heavy atom. The third kappa shape index (κ3) is 3.80. The predicted molar refractivity (Wildman–Crippen MR) is 80.5 cm³/mol. The molecule has 1 fully saturated rings. The number of unbranched alkanes of at least 4 members (excludes halogenated alkanes) is 2. The first kappa shape index (κ1) is 14.5. The molecule has 19 heavy (non-hydrogen) atoms. The Bertz CT molecular complexity index is 391. The van der Waals surface area contributed by atoms with Crippen LogP contribution < -0.4 is 0 Å². The molecule has 2 unspecified atom stereocenters. The Labute approximate surface area is 117 Å². The van der Waals surface area contributed by atoms with Crippen LogP contribution in [0.2, 0.25) is 0 Å². The topological polar surface area (TPSA) is 23.5 Å². The number of aryl methyl sites for hydroxylation is 1. The minimum absolute atomic E-state index is 0.335. The van der Waals surface area contributed by atoms with Gasteiger partial charge in [0.15, 0.2) is 0 Å². The molecule has 1 aromatic rings. The van der Waals surface area contributed by atoms with Crippen LogP contribution >= 0.6 is 0 Å². The molecule has 2 heteroatoms. The molecule has 1 N–H and O–H groups in total. The van der Waals surface area contributed by atoms with Gasteiger partial charge in [-0.05, 0) is 63.1 Å². The van der Waals surface area contributed by atoms with Crippen LogP contribution in [-0.2, 0) is 0 Å². The van der Waals surface area contributed by atoms with Crippen molar-refractivity contribution in [2.24, 2.45) is 0 Å². The Hall–Kier alpha value is -0.860. The van der Waals surface area contributed by atoms with Crippen molar-refractivity contribution in [3.05, 3.63) is 35.4 Å². The van der Waals surface area contributed by atoms with Gasteiger partial charge < -0.3 is 10.0 Å². The predicted octanol–water partition coefficient (Wildman–Crippen LogP) is 3.34. The van der Waals surface area contributed by atoms with E-state index in [4.69, 9.17) is 5.11 Å². The Morgan fingerprint density at radius 2 is 2.00 bits per heavy atom. The van der Waals surface area contributed by atoms with Crippen LogP contribution in [0.1, 0.15) is 49.7 Å². The van der Waals surface area contributed by atoms with Gasteiger partial charge in [-0.25, -0.2) is 0 Å². The zero-order valence-corrected chi connectivity index (χ0v) is 12.3. The molecule has 2 nitrogen and oxygen atoms in total. The molecule has 0 radical (unpaired) electrons. The van der Waals surface area contributed by atoms with E-state index in [1.165, 1.54) is 37.1 Å². The highest BCUT2D eigenvalue weighted by molar-refractivity contribution is 5.30. The molecule has 0 spiro atoms. The maximum Gasteiger partial charge on any atom is 0.0431 e. The first-order valence-electron chi connectivity index (χ1n) is 7.63. The molecular weight excluding hydrogens is 234 g/mol. The summed E-state index contributed by atoms with van der Waals surface area (Å²) >= 11 is 0. The van der Waals surface area contributed by atoms with E-state index < -0.39 is 0 Å². The van der Waals surface area contributed by atoms with Crippen LogP contribution in [-0.4, -0.2) is 35.7 Å². The smallest absolute Gasteiger partial charge is 0.0431 e. The van der Waals surface area contributed by atoms with Crippen molar-refractivity contribution >= 4 is 0 Å². The number of aliphatic hydroxyl groups excluding tert-OH is 1. The fraction of sp³-hybridized carbons (Fsp3) is 0.647. The lowest BCUT2D eigenvalue weighted by Gasteiger charge is -2.20. The Balaban J connectivity index is 1.88. The molecular formula is C17H27NO. The lowest BCUT2D eigenvalue weighted by atomic mass is 9.93. The molecule has 0 aliphatic carbocycles. The van der Waals surface area contributed by atoms with Gasteiger partial charge in [-0.1, -0.05) is 24.3 Å². The average molecular weight is 261 g/mol. The van der Waals surface area contributed by atoms with Gasteiger partial charge in [0, 0.05) is 19.2 Å². The normalized spacial score (nSPS) is 23.9. The average Bonchev–Trinajstić information content (AvgIpc) is 2.77. The second-order valence-corrected chi connectivity index (χ2v) is 5.92. The highest BCUT2D eigenvalue weighted by atomic mass is 16.2. The molecule has 0 amide bonds. The third-order valence-electron chi connectivity index (χ3n) is 4.44. The summed E-state index contributed by atoms with van der Waals surface area (Å²) in [6, 6.07) is 9.51. The summed E-state index contributed by atoms with van der Waals surface area (Å²) in [6.45, 7) is 7.30. The van der Waals surface area contributed by atoms with Gasteiger partial charge in [-0.15, -0.1) is 0 Å². The molecule has 0 aromatic heterocycles. The molecule has 1 aromatic carbocycles. The minimum atomic E-state index is 0.335. The first-order valence-corrected chi connectivity index (χ1v) is 7.63. The van der Waals surface area contributed by atoms with Crippen LogP contribution in [0.25, 0.3) is 0 Å². The van der Waals surface area contributed by atoms with Crippen LogP contribution in [0.3, 0.4) is 0 Å². The van der Waals surface area contributed by atoms with Gasteiger partial charge in [0.1, 0.15) is 0 Å². The lowest BCUT2D eigenvalue weighted by Crippen LogP contribution is -2.28. The zero-order chi connectivity index (χ0) is 13.7. The summed E-state index contributed by atoms with van der Waals surface area (Å²) in [4.78, 5) is 2.62. The number of aliphatic hydroxyl groups is 1. The lowest BCUT2D eigenvalue weighted by molar-refractivity contribution is 0.248. The number of rotatable bonds is 6. The van der Waals surface area contributed by atoms with Gasteiger partial charge in [-0.2, -0.15) is 0 Å². The summed E-state index contributed by atoms with van der Waals surface area (Å²) in [5.41, 5.74) is 2.97. The maximum atomic E-state index is 8.82. The summed E-state index contributed by atoms with van der Waals surface area (Å²) in [7, 11) is 0. The summed E-state index contributed by atoms with van der Waals surface area (Å²) in [5.74, 6) is 0.703. The number of hydrogen-bond acceptors (Lipinski definition) is 2.